The Morgan fingerprint density at radius 2 is 2.00 bits per heavy atom. The van der Waals surface area contributed by atoms with Gasteiger partial charge in [0, 0.05) is 13.5 Å². The predicted molar refractivity (Wildman–Crippen MR) is 95.0 cm³/mol. The minimum absolute atomic E-state index is 0. The zero-order valence-corrected chi connectivity index (χ0v) is 14.0. The molecule has 0 bridgehead atoms. The van der Waals surface area contributed by atoms with Crippen molar-refractivity contribution < 1.29 is 28.7 Å². The smallest absolute Gasteiger partial charge is 0.264 e. The highest BCUT2D eigenvalue weighted by Crippen LogP contribution is 2.32. The number of carbonyl (C=O) groups is 5. The predicted octanol–water partition coefficient (Wildman–Crippen LogP) is 0.699. The van der Waals surface area contributed by atoms with Crippen LogP contribution in [0.3, 0.4) is 0 Å². The number of rotatable bonds is 5. The summed E-state index contributed by atoms with van der Waals surface area (Å²) in [6, 6.07) is 3.48. The second-order valence-electron chi connectivity index (χ2n) is 5.97. The van der Waals surface area contributed by atoms with Crippen molar-refractivity contribution in [3.05, 3.63) is 29.3 Å². The molecule has 0 aliphatic carbocycles. The number of amides is 5. The maximum Gasteiger partial charge on any atom is 0.264 e. The molecule has 1 unspecified atom stereocenters. The lowest BCUT2D eigenvalue weighted by Gasteiger charge is -2.27. The molecule has 1 saturated heterocycles. The maximum atomic E-state index is 12.8. The van der Waals surface area contributed by atoms with Crippen LogP contribution in [0.15, 0.2) is 18.2 Å². The lowest BCUT2D eigenvalue weighted by molar-refractivity contribution is -0.136. The van der Waals surface area contributed by atoms with Crippen LogP contribution in [0, 0.1) is 0 Å². The van der Waals surface area contributed by atoms with Gasteiger partial charge in [0.2, 0.25) is 17.7 Å². The van der Waals surface area contributed by atoms with Gasteiger partial charge in [-0.3, -0.25) is 34.2 Å². The van der Waals surface area contributed by atoms with Gasteiger partial charge in [-0.15, -0.1) is 0 Å². The first-order valence-electron chi connectivity index (χ1n) is 8.07. The Kier molecular flexibility index (Phi) is 6.06. The normalized spacial score (nSPS) is 18.7. The van der Waals surface area contributed by atoms with Crippen LogP contribution in [0.2, 0.25) is 0 Å². The first kappa shape index (κ1) is 20.2. The molecular formula is C18H21N3O6. The first-order chi connectivity index (χ1) is 12.4. The van der Waals surface area contributed by atoms with E-state index >= 15 is 0 Å². The Labute approximate surface area is 156 Å². The van der Waals surface area contributed by atoms with Crippen molar-refractivity contribution >= 4 is 35.2 Å². The lowest BCUT2D eigenvalue weighted by atomic mass is 10.0. The van der Waals surface area contributed by atoms with E-state index in [-0.39, 0.29) is 56.0 Å². The average Bonchev–Trinajstić information content (AvgIpc) is 2.85. The number of ether oxygens (including phenoxy) is 1. The number of benzene rings is 1. The van der Waals surface area contributed by atoms with E-state index in [0.717, 1.165) is 4.90 Å². The van der Waals surface area contributed by atoms with Gasteiger partial charge < -0.3 is 10.1 Å². The van der Waals surface area contributed by atoms with Crippen molar-refractivity contribution in [1.82, 2.24) is 10.2 Å². The second kappa shape index (κ2) is 8.09. The number of nitrogens with one attached hydrogen (secondary N) is 2. The Hall–Kier alpha value is -3.07. The average molecular weight is 375 g/mol. The molecule has 27 heavy (non-hydrogen) atoms. The molecule has 9 heteroatoms. The van der Waals surface area contributed by atoms with Crippen LogP contribution in [0.25, 0.3) is 0 Å². The third-order valence-electron chi connectivity index (χ3n) is 4.28. The van der Waals surface area contributed by atoms with Crippen molar-refractivity contribution in [1.29, 1.82) is 0 Å². The zero-order valence-electron chi connectivity index (χ0n) is 14.0. The summed E-state index contributed by atoms with van der Waals surface area (Å²) < 4.78 is 4.84. The fraction of sp³-hybridized carbons (Fsp3) is 0.389. The number of fused-ring (bicyclic) bond motifs is 1. The largest absolute Gasteiger partial charge is 0.384 e. The number of hydrogen-bond donors (Lipinski definition) is 2. The van der Waals surface area contributed by atoms with Gasteiger partial charge in [-0.1, -0.05) is 13.5 Å². The highest BCUT2D eigenvalue weighted by molar-refractivity contribution is 6.26. The number of nitrogens with zero attached hydrogens (tertiary/aromatic N) is 1. The standard InChI is InChI=1S/C17H17N3O6.CH4/c1-26-8-7-13(22)18-10-4-2-3-9-14(10)17(25)20(16(9)24)11-5-6-12(21)19-15(11)23;/h2-4,11H,5-8H2,1H3,(H,18,22)(H,19,21,23);1H4. The van der Waals surface area contributed by atoms with E-state index in [1.54, 1.807) is 6.07 Å². The number of anilines is 1. The van der Waals surface area contributed by atoms with Crippen molar-refractivity contribution in [3.8, 4) is 0 Å². The van der Waals surface area contributed by atoms with E-state index in [9.17, 15) is 24.0 Å². The van der Waals surface area contributed by atoms with Gasteiger partial charge in [0.1, 0.15) is 6.04 Å². The Morgan fingerprint density at radius 1 is 1.26 bits per heavy atom. The summed E-state index contributed by atoms with van der Waals surface area (Å²) in [5, 5.41) is 4.73. The molecule has 2 N–H and O–H groups in total. The third kappa shape index (κ3) is 3.72. The van der Waals surface area contributed by atoms with Gasteiger partial charge in [-0.05, 0) is 18.6 Å². The molecule has 0 aromatic heterocycles. The van der Waals surface area contributed by atoms with Crippen LogP contribution < -0.4 is 10.6 Å². The maximum absolute atomic E-state index is 12.8. The molecule has 1 atom stereocenters. The minimum atomic E-state index is -1.04. The van der Waals surface area contributed by atoms with Gasteiger partial charge in [-0.25, -0.2) is 0 Å². The lowest BCUT2D eigenvalue weighted by Crippen LogP contribution is -2.54. The molecule has 2 aliphatic rings. The summed E-state index contributed by atoms with van der Waals surface area (Å²) in [5.74, 6) is -2.76. The minimum Gasteiger partial charge on any atom is -0.384 e. The molecule has 0 saturated carbocycles. The fourth-order valence-electron chi connectivity index (χ4n) is 3.03. The van der Waals surface area contributed by atoms with Gasteiger partial charge in [0.25, 0.3) is 11.8 Å². The van der Waals surface area contributed by atoms with E-state index in [1.165, 1.54) is 19.2 Å². The van der Waals surface area contributed by atoms with E-state index in [2.05, 4.69) is 10.6 Å². The van der Waals surface area contributed by atoms with Crippen LogP contribution in [-0.4, -0.2) is 54.2 Å². The second-order valence-corrected chi connectivity index (χ2v) is 5.97. The van der Waals surface area contributed by atoms with Gasteiger partial charge in [0.15, 0.2) is 0 Å². The zero-order chi connectivity index (χ0) is 18.8. The van der Waals surface area contributed by atoms with Crippen LogP contribution in [0.5, 0.6) is 0 Å². The van der Waals surface area contributed by atoms with E-state index < -0.39 is 29.7 Å². The number of methoxy groups -OCH3 is 1. The Bertz CT molecular complexity index is 819. The topological polar surface area (TPSA) is 122 Å². The highest BCUT2D eigenvalue weighted by Gasteiger charge is 2.45. The molecule has 2 heterocycles. The van der Waals surface area contributed by atoms with Gasteiger partial charge >= 0.3 is 0 Å². The molecular weight excluding hydrogens is 354 g/mol. The van der Waals surface area contributed by atoms with E-state index in [4.69, 9.17) is 4.74 Å². The third-order valence-corrected chi connectivity index (χ3v) is 4.28. The molecule has 2 aliphatic heterocycles. The molecule has 1 fully saturated rings. The molecule has 3 rings (SSSR count). The SMILES string of the molecule is C.COCCC(=O)Nc1cccc2c1C(=O)N(C1CCC(=O)NC1=O)C2=O. The Morgan fingerprint density at radius 3 is 2.67 bits per heavy atom. The van der Waals surface area contributed by atoms with Crippen molar-refractivity contribution in [2.45, 2.75) is 32.7 Å². The molecule has 1 aromatic rings. The van der Waals surface area contributed by atoms with Crippen molar-refractivity contribution in [2.24, 2.45) is 0 Å². The van der Waals surface area contributed by atoms with Crippen molar-refractivity contribution in [2.75, 3.05) is 19.0 Å². The van der Waals surface area contributed by atoms with E-state index in [0.29, 0.717) is 0 Å². The fourth-order valence-corrected chi connectivity index (χ4v) is 3.03. The molecule has 5 amide bonds. The summed E-state index contributed by atoms with van der Waals surface area (Å²) in [6.07, 6.45) is 0.218. The quantitative estimate of drug-likeness (QED) is 0.731. The van der Waals surface area contributed by atoms with Crippen LogP contribution in [0.4, 0.5) is 5.69 Å². The summed E-state index contributed by atoms with van der Waals surface area (Å²) >= 11 is 0. The number of hydrogen-bond acceptors (Lipinski definition) is 6. The summed E-state index contributed by atoms with van der Waals surface area (Å²) in [4.78, 5) is 61.6. The molecule has 0 radical (unpaired) electrons. The Balaban J connectivity index is 0.00000261. The summed E-state index contributed by atoms with van der Waals surface area (Å²) in [6.45, 7) is 0.218. The van der Waals surface area contributed by atoms with Gasteiger partial charge in [0.05, 0.1) is 29.8 Å². The van der Waals surface area contributed by atoms with E-state index in [1.807, 2.05) is 0 Å². The first-order valence-corrected chi connectivity index (χ1v) is 8.07. The monoisotopic (exact) mass is 375 g/mol. The molecule has 0 spiro atoms. The molecule has 144 valence electrons. The number of imide groups is 2. The number of carbonyl (C=O) groups excluding carboxylic acids is 5. The highest BCUT2D eigenvalue weighted by atomic mass is 16.5. The summed E-state index contributed by atoms with van der Waals surface area (Å²) in [5.41, 5.74) is 0.369. The molecule has 1 aromatic carbocycles. The van der Waals surface area contributed by atoms with Gasteiger partial charge in [-0.2, -0.15) is 0 Å². The van der Waals surface area contributed by atoms with Crippen LogP contribution in [0.1, 0.15) is 47.4 Å². The van der Waals surface area contributed by atoms with Crippen LogP contribution in [-0.2, 0) is 19.1 Å². The summed E-state index contributed by atoms with van der Waals surface area (Å²) in [7, 11) is 1.47. The van der Waals surface area contributed by atoms with Crippen LogP contribution >= 0.6 is 0 Å². The van der Waals surface area contributed by atoms with Crippen molar-refractivity contribution in [3.63, 3.8) is 0 Å². The number of piperidine rings is 1. The molecule has 9 nitrogen and oxygen atoms in total.